The van der Waals surface area contributed by atoms with E-state index in [-0.39, 0.29) is 0 Å². The highest BCUT2D eigenvalue weighted by atomic mass is 16.5. The fourth-order valence-corrected chi connectivity index (χ4v) is 2.61. The Morgan fingerprint density at radius 3 is 3.00 bits per heavy atom. The number of fused-ring (bicyclic) bond motifs is 1. The van der Waals surface area contributed by atoms with E-state index in [1.54, 1.807) is 0 Å². The molecule has 2 rings (SSSR count). The molecule has 2 fully saturated rings. The van der Waals surface area contributed by atoms with E-state index in [4.69, 9.17) is 4.74 Å². The zero-order valence-electron chi connectivity index (χ0n) is 7.97. The van der Waals surface area contributed by atoms with Gasteiger partial charge in [-0.2, -0.15) is 0 Å². The highest BCUT2D eigenvalue weighted by Gasteiger charge is 2.46. The van der Waals surface area contributed by atoms with E-state index in [9.17, 15) is 0 Å². The van der Waals surface area contributed by atoms with Gasteiger partial charge in [0, 0.05) is 25.7 Å². The van der Waals surface area contributed by atoms with Crippen LogP contribution in [0, 0.1) is 0 Å². The minimum absolute atomic E-state index is 0.359. The highest BCUT2D eigenvalue weighted by Crippen LogP contribution is 2.40. The number of methoxy groups -OCH3 is 1. The number of hydrogen-bond donors (Lipinski definition) is 0. The smallest absolute Gasteiger partial charge is 0.0716 e. The molecule has 2 saturated heterocycles. The van der Waals surface area contributed by atoms with Gasteiger partial charge in [0.05, 0.1) is 6.10 Å². The van der Waals surface area contributed by atoms with Crippen LogP contribution in [0.5, 0.6) is 0 Å². The minimum atomic E-state index is 0.359. The Morgan fingerprint density at radius 1 is 1.67 bits per heavy atom. The lowest BCUT2D eigenvalue weighted by molar-refractivity contribution is 0.109. The quantitative estimate of drug-likeness (QED) is 0.548. The molecule has 2 heterocycles. The van der Waals surface area contributed by atoms with Gasteiger partial charge in [-0.3, -0.25) is 4.90 Å². The molecule has 0 aromatic rings. The summed E-state index contributed by atoms with van der Waals surface area (Å²) in [5.74, 6) is 0. The number of hydrogen-bond acceptors (Lipinski definition) is 2. The summed E-state index contributed by atoms with van der Waals surface area (Å²) in [7, 11) is 1.81. The highest BCUT2D eigenvalue weighted by molar-refractivity contribution is 5.17. The van der Waals surface area contributed by atoms with Crippen molar-refractivity contribution in [2.45, 2.75) is 31.4 Å². The average molecular weight is 167 g/mol. The van der Waals surface area contributed by atoms with Crippen molar-refractivity contribution in [2.24, 2.45) is 0 Å². The summed E-state index contributed by atoms with van der Waals surface area (Å²) >= 11 is 0. The Morgan fingerprint density at radius 2 is 2.42 bits per heavy atom. The molecule has 2 nitrogen and oxygen atoms in total. The second-order valence-corrected chi connectivity index (χ2v) is 4.37. The average Bonchev–Trinajstić information content (AvgIpc) is 2.38. The zero-order chi connectivity index (χ0) is 8.77. The lowest BCUT2D eigenvalue weighted by Gasteiger charge is -2.25. The third-order valence-corrected chi connectivity index (χ3v) is 3.23. The Hall–Kier alpha value is -0.340. The van der Waals surface area contributed by atoms with E-state index in [2.05, 4.69) is 18.4 Å². The van der Waals surface area contributed by atoms with E-state index in [0.717, 1.165) is 19.5 Å². The first kappa shape index (κ1) is 8.27. The molecule has 2 atom stereocenters. The van der Waals surface area contributed by atoms with Crippen LogP contribution in [0.2, 0.25) is 0 Å². The normalized spacial score (nSPS) is 42.2. The molecule has 0 amide bonds. The largest absolute Gasteiger partial charge is 0.380 e. The zero-order valence-corrected chi connectivity index (χ0v) is 7.97. The van der Waals surface area contributed by atoms with Crippen molar-refractivity contribution >= 4 is 0 Å². The van der Waals surface area contributed by atoms with Crippen LogP contribution in [-0.4, -0.2) is 36.7 Å². The van der Waals surface area contributed by atoms with Crippen molar-refractivity contribution in [3.05, 3.63) is 12.2 Å². The molecule has 0 saturated carbocycles. The fraction of sp³-hybridized carbons (Fsp3) is 0.800. The van der Waals surface area contributed by atoms with Crippen molar-refractivity contribution < 1.29 is 4.74 Å². The Bertz CT molecular complexity index is 214. The summed E-state index contributed by atoms with van der Waals surface area (Å²) in [6.07, 6.45) is 2.78. The molecule has 0 spiro atoms. The van der Waals surface area contributed by atoms with Crippen molar-refractivity contribution in [1.82, 2.24) is 4.90 Å². The fourth-order valence-electron chi connectivity index (χ4n) is 2.61. The maximum Gasteiger partial charge on any atom is 0.0716 e. The summed E-state index contributed by atoms with van der Waals surface area (Å²) in [5.41, 5.74) is 1.74. The van der Waals surface area contributed by atoms with Crippen LogP contribution in [-0.2, 0) is 4.74 Å². The van der Waals surface area contributed by atoms with Gasteiger partial charge in [0.1, 0.15) is 0 Å². The third kappa shape index (κ3) is 1.10. The van der Waals surface area contributed by atoms with Gasteiger partial charge in [-0.1, -0.05) is 12.2 Å². The van der Waals surface area contributed by atoms with Crippen molar-refractivity contribution in [1.29, 1.82) is 0 Å². The van der Waals surface area contributed by atoms with Crippen molar-refractivity contribution in [3.8, 4) is 0 Å². The Kier molecular flexibility index (Phi) is 1.77. The first-order valence-electron chi connectivity index (χ1n) is 4.58. The van der Waals surface area contributed by atoms with E-state index < -0.39 is 0 Å². The SMILES string of the molecule is C=C1CN2C[C@H](OC)C[C@]2(C)C1. The van der Waals surface area contributed by atoms with Crippen LogP contribution in [0.3, 0.4) is 0 Å². The van der Waals surface area contributed by atoms with Gasteiger partial charge in [-0.05, 0) is 19.8 Å². The predicted molar refractivity (Wildman–Crippen MR) is 49.1 cm³/mol. The summed E-state index contributed by atoms with van der Waals surface area (Å²) < 4.78 is 5.38. The third-order valence-electron chi connectivity index (χ3n) is 3.23. The second kappa shape index (κ2) is 2.57. The molecule has 0 unspecified atom stereocenters. The molecule has 0 bridgehead atoms. The van der Waals surface area contributed by atoms with Gasteiger partial charge in [-0.25, -0.2) is 0 Å². The number of rotatable bonds is 1. The molecular formula is C10H17NO. The molecule has 0 aliphatic carbocycles. The van der Waals surface area contributed by atoms with Crippen LogP contribution in [0.25, 0.3) is 0 Å². The maximum absolute atomic E-state index is 5.38. The van der Waals surface area contributed by atoms with E-state index in [0.29, 0.717) is 11.6 Å². The van der Waals surface area contributed by atoms with Gasteiger partial charge >= 0.3 is 0 Å². The molecule has 0 radical (unpaired) electrons. The standard InChI is InChI=1S/C10H17NO/c1-8-4-10(2)5-9(12-3)7-11(10)6-8/h9H,1,4-7H2,2-3H3/t9-,10+/m1/s1. The first-order chi connectivity index (χ1) is 5.64. The minimum Gasteiger partial charge on any atom is -0.380 e. The van der Waals surface area contributed by atoms with Crippen LogP contribution >= 0.6 is 0 Å². The van der Waals surface area contributed by atoms with Crippen LogP contribution < -0.4 is 0 Å². The van der Waals surface area contributed by atoms with Crippen LogP contribution in [0.15, 0.2) is 12.2 Å². The van der Waals surface area contributed by atoms with Crippen LogP contribution in [0.1, 0.15) is 19.8 Å². The Labute approximate surface area is 74.2 Å². The maximum atomic E-state index is 5.38. The van der Waals surface area contributed by atoms with E-state index in [1.807, 2.05) is 7.11 Å². The number of ether oxygens (including phenoxy) is 1. The van der Waals surface area contributed by atoms with Crippen molar-refractivity contribution in [2.75, 3.05) is 20.2 Å². The molecule has 2 aliphatic heterocycles. The molecular weight excluding hydrogens is 150 g/mol. The van der Waals surface area contributed by atoms with Gasteiger partial charge in [0.2, 0.25) is 0 Å². The van der Waals surface area contributed by atoms with Gasteiger partial charge in [0.25, 0.3) is 0 Å². The molecule has 68 valence electrons. The first-order valence-corrected chi connectivity index (χ1v) is 4.58. The molecule has 12 heavy (non-hydrogen) atoms. The summed E-state index contributed by atoms with van der Waals surface area (Å²) in [5, 5.41) is 0. The monoisotopic (exact) mass is 167 g/mol. The second-order valence-electron chi connectivity index (χ2n) is 4.37. The molecule has 0 aromatic carbocycles. The van der Waals surface area contributed by atoms with Crippen LogP contribution in [0.4, 0.5) is 0 Å². The lowest BCUT2D eigenvalue weighted by Crippen LogP contribution is -2.34. The molecule has 2 heteroatoms. The topological polar surface area (TPSA) is 12.5 Å². The van der Waals surface area contributed by atoms with E-state index >= 15 is 0 Å². The molecule has 0 aromatic heterocycles. The summed E-state index contributed by atoms with van der Waals surface area (Å²) in [4.78, 5) is 2.50. The van der Waals surface area contributed by atoms with Gasteiger partial charge in [0.15, 0.2) is 0 Å². The van der Waals surface area contributed by atoms with E-state index in [1.165, 1.54) is 12.0 Å². The predicted octanol–water partition coefficient (Wildman–Crippen LogP) is 1.43. The number of nitrogens with zero attached hydrogens (tertiary/aromatic N) is 1. The lowest BCUT2D eigenvalue weighted by atomic mass is 9.95. The van der Waals surface area contributed by atoms with Gasteiger partial charge < -0.3 is 4.74 Å². The Balaban J connectivity index is 2.11. The van der Waals surface area contributed by atoms with Crippen molar-refractivity contribution in [3.63, 3.8) is 0 Å². The van der Waals surface area contributed by atoms with Gasteiger partial charge in [-0.15, -0.1) is 0 Å². The summed E-state index contributed by atoms with van der Waals surface area (Å²) in [6.45, 7) is 8.54. The summed E-state index contributed by atoms with van der Waals surface area (Å²) in [6, 6.07) is 0. The molecule has 0 N–H and O–H groups in total. The molecule has 2 aliphatic rings.